The maximum absolute atomic E-state index is 12.7. The highest BCUT2D eigenvalue weighted by Crippen LogP contribution is 2.17. The van der Waals surface area contributed by atoms with Gasteiger partial charge in [0.05, 0.1) is 11.9 Å². The molecule has 0 fully saturated rings. The van der Waals surface area contributed by atoms with Gasteiger partial charge in [-0.15, -0.1) is 0 Å². The van der Waals surface area contributed by atoms with E-state index >= 15 is 0 Å². The lowest BCUT2D eigenvalue weighted by molar-refractivity contribution is 0.627. The lowest BCUT2D eigenvalue weighted by Gasteiger charge is -2.07. The number of aryl methyl sites for hydroxylation is 1. The minimum atomic E-state index is -0.213. The van der Waals surface area contributed by atoms with Gasteiger partial charge in [-0.05, 0) is 52.2 Å². The SMILES string of the molecule is Cc1cc(NCc2ccc(F)cc2)cnc1Br. The number of hydrogen-bond acceptors (Lipinski definition) is 2. The molecule has 0 aliphatic carbocycles. The first-order valence-corrected chi connectivity index (χ1v) is 6.05. The summed E-state index contributed by atoms with van der Waals surface area (Å²) in [7, 11) is 0. The minimum Gasteiger partial charge on any atom is -0.380 e. The molecule has 2 aromatic rings. The van der Waals surface area contributed by atoms with Crippen molar-refractivity contribution in [2.75, 3.05) is 5.32 Å². The highest BCUT2D eigenvalue weighted by Gasteiger charge is 1.99. The molecule has 1 N–H and O–H groups in total. The molecule has 0 radical (unpaired) electrons. The highest BCUT2D eigenvalue weighted by atomic mass is 79.9. The Bertz CT molecular complexity index is 511. The van der Waals surface area contributed by atoms with Crippen molar-refractivity contribution in [1.29, 1.82) is 0 Å². The molecule has 17 heavy (non-hydrogen) atoms. The zero-order valence-corrected chi connectivity index (χ0v) is 11.0. The molecule has 0 saturated carbocycles. The molecule has 88 valence electrons. The number of nitrogens with zero attached hydrogens (tertiary/aromatic N) is 1. The Hall–Kier alpha value is -1.42. The van der Waals surface area contributed by atoms with Crippen molar-refractivity contribution >= 4 is 21.6 Å². The highest BCUT2D eigenvalue weighted by molar-refractivity contribution is 9.10. The summed E-state index contributed by atoms with van der Waals surface area (Å²) in [6.07, 6.45) is 1.76. The number of pyridine rings is 1. The summed E-state index contributed by atoms with van der Waals surface area (Å²) in [6, 6.07) is 8.47. The van der Waals surface area contributed by atoms with E-state index in [9.17, 15) is 4.39 Å². The number of benzene rings is 1. The number of rotatable bonds is 3. The van der Waals surface area contributed by atoms with Crippen LogP contribution < -0.4 is 5.32 Å². The molecule has 1 heterocycles. The third-order valence-corrected chi connectivity index (χ3v) is 3.25. The molecule has 0 unspecified atom stereocenters. The monoisotopic (exact) mass is 294 g/mol. The van der Waals surface area contributed by atoms with Crippen LogP contribution in [0.15, 0.2) is 41.1 Å². The van der Waals surface area contributed by atoms with E-state index in [1.165, 1.54) is 12.1 Å². The molecule has 0 aliphatic rings. The third-order valence-electron chi connectivity index (χ3n) is 2.42. The zero-order chi connectivity index (χ0) is 12.3. The first-order chi connectivity index (χ1) is 8.15. The Balaban J connectivity index is 2.02. The van der Waals surface area contributed by atoms with E-state index in [1.54, 1.807) is 18.3 Å². The Morgan fingerprint density at radius 3 is 2.65 bits per heavy atom. The van der Waals surface area contributed by atoms with E-state index in [0.29, 0.717) is 6.54 Å². The van der Waals surface area contributed by atoms with Gasteiger partial charge in [0.2, 0.25) is 0 Å². The standard InChI is InChI=1S/C13H12BrFN2/c1-9-6-12(8-17-13(9)14)16-7-10-2-4-11(15)5-3-10/h2-6,8,16H,7H2,1H3. The molecule has 0 aliphatic heterocycles. The van der Waals surface area contributed by atoms with Gasteiger partial charge < -0.3 is 5.32 Å². The van der Waals surface area contributed by atoms with E-state index in [2.05, 4.69) is 26.2 Å². The van der Waals surface area contributed by atoms with E-state index in [0.717, 1.165) is 21.4 Å². The van der Waals surface area contributed by atoms with Crippen LogP contribution in [0.4, 0.5) is 10.1 Å². The van der Waals surface area contributed by atoms with Crippen molar-refractivity contribution in [2.24, 2.45) is 0 Å². The van der Waals surface area contributed by atoms with E-state index < -0.39 is 0 Å². The summed E-state index contributed by atoms with van der Waals surface area (Å²) in [5.74, 6) is -0.213. The summed E-state index contributed by atoms with van der Waals surface area (Å²) in [5.41, 5.74) is 3.07. The Morgan fingerprint density at radius 1 is 1.29 bits per heavy atom. The zero-order valence-electron chi connectivity index (χ0n) is 9.37. The molecule has 0 spiro atoms. The second-order valence-corrected chi connectivity index (χ2v) is 4.56. The molecular weight excluding hydrogens is 283 g/mol. The van der Waals surface area contributed by atoms with Gasteiger partial charge >= 0.3 is 0 Å². The van der Waals surface area contributed by atoms with Crippen LogP contribution in [0.2, 0.25) is 0 Å². The molecule has 0 amide bonds. The van der Waals surface area contributed by atoms with Crippen molar-refractivity contribution in [2.45, 2.75) is 13.5 Å². The van der Waals surface area contributed by atoms with Crippen molar-refractivity contribution in [3.8, 4) is 0 Å². The smallest absolute Gasteiger partial charge is 0.123 e. The van der Waals surface area contributed by atoms with E-state index in [4.69, 9.17) is 0 Å². The molecule has 1 aromatic carbocycles. The summed E-state index contributed by atoms with van der Waals surface area (Å²) >= 11 is 3.35. The Morgan fingerprint density at radius 2 is 2.00 bits per heavy atom. The first-order valence-electron chi connectivity index (χ1n) is 5.25. The third kappa shape index (κ3) is 3.27. The van der Waals surface area contributed by atoms with Crippen LogP contribution in [0.3, 0.4) is 0 Å². The second-order valence-electron chi connectivity index (χ2n) is 3.81. The van der Waals surface area contributed by atoms with Gasteiger partial charge in [-0.3, -0.25) is 0 Å². The van der Waals surface area contributed by atoms with Crippen LogP contribution in [0.1, 0.15) is 11.1 Å². The fourth-order valence-electron chi connectivity index (χ4n) is 1.46. The first kappa shape index (κ1) is 12.0. The second kappa shape index (κ2) is 5.27. The van der Waals surface area contributed by atoms with Gasteiger partial charge in [0.25, 0.3) is 0 Å². The number of aromatic nitrogens is 1. The average molecular weight is 295 g/mol. The average Bonchev–Trinajstić information content (AvgIpc) is 2.33. The summed E-state index contributed by atoms with van der Waals surface area (Å²) in [4.78, 5) is 4.20. The Labute approximate surface area is 108 Å². The fraction of sp³-hybridized carbons (Fsp3) is 0.154. The summed E-state index contributed by atoms with van der Waals surface area (Å²) < 4.78 is 13.6. The number of hydrogen-bond donors (Lipinski definition) is 1. The topological polar surface area (TPSA) is 24.9 Å². The van der Waals surface area contributed by atoms with Gasteiger partial charge in [0, 0.05) is 6.54 Å². The molecular formula is C13H12BrFN2. The Kier molecular flexibility index (Phi) is 3.74. The molecule has 1 aromatic heterocycles. The lowest BCUT2D eigenvalue weighted by atomic mass is 10.2. The van der Waals surface area contributed by atoms with Crippen molar-refractivity contribution < 1.29 is 4.39 Å². The molecule has 0 saturated heterocycles. The molecule has 0 atom stereocenters. The van der Waals surface area contributed by atoms with Crippen LogP contribution in [0, 0.1) is 12.7 Å². The lowest BCUT2D eigenvalue weighted by Crippen LogP contribution is -2.00. The molecule has 4 heteroatoms. The van der Waals surface area contributed by atoms with E-state index in [-0.39, 0.29) is 5.82 Å². The van der Waals surface area contributed by atoms with Gasteiger partial charge in [-0.25, -0.2) is 9.37 Å². The number of anilines is 1. The van der Waals surface area contributed by atoms with Crippen LogP contribution in [0.5, 0.6) is 0 Å². The number of halogens is 2. The molecule has 2 nitrogen and oxygen atoms in total. The summed E-state index contributed by atoms with van der Waals surface area (Å²) in [5, 5.41) is 3.24. The predicted molar refractivity (Wildman–Crippen MR) is 70.4 cm³/mol. The van der Waals surface area contributed by atoms with Gasteiger partial charge in [-0.2, -0.15) is 0 Å². The van der Waals surface area contributed by atoms with Gasteiger partial charge in [0.1, 0.15) is 10.4 Å². The fourth-order valence-corrected chi connectivity index (χ4v) is 1.68. The van der Waals surface area contributed by atoms with Crippen LogP contribution >= 0.6 is 15.9 Å². The van der Waals surface area contributed by atoms with Crippen LogP contribution in [-0.2, 0) is 6.54 Å². The van der Waals surface area contributed by atoms with E-state index in [1.807, 2.05) is 13.0 Å². The molecule has 2 rings (SSSR count). The van der Waals surface area contributed by atoms with Crippen molar-refractivity contribution in [1.82, 2.24) is 4.98 Å². The minimum absolute atomic E-state index is 0.213. The maximum Gasteiger partial charge on any atom is 0.123 e. The van der Waals surface area contributed by atoms with Gasteiger partial charge in [-0.1, -0.05) is 12.1 Å². The number of nitrogens with one attached hydrogen (secondary N) is 1. The largest absolute Gasteiger partial charge is 0.380 e. The summed E-state index contributed by atoms with van der Waals surface area (Å²) in [6.45, 7) is 2.64. The predicted octanol–water partition coefficient (Wildman–Crippen LogP) is 3.90. The van der Waals surface area contributed by atoms with Crippen molar-refractivity contribution in [3.05, 3.63) is 58.1 Å². The maximum atomic E-state index is 12.7. The van der Waals surface area contributed by atoms with Crippen molar-refractivity contribution in [3.63, 3.8) is 0 Å². The normalized spacial score (nSPS) is 10.3. The van der Waals surface area contributed by atoms with Crippen LogP contribution in [-0.4, -0.2) is 4.98 Å². The van der Waals surface area contributed by atoms with Gasteiger partial charge in [0.15, 0.2) is 0 Å². The van der Waals surface area contributed by atoms with Crippen LogP contribution in [0.25, 0.3) is 0 Å². The quantitative estimate of drug-likeness (QED) is 0.869. The molecule has 0 bridgehead atoms.